The Morgan fingerprint density at radius 3 is 2.73 bits per heavy atom. The molecule has 0 saturated carbocycles. The van der Waals surface area contributed by atoms with Crippen LogP contribution in [0.5, 0.6) is 0 Å². The van der Waals surface area contributed by atoms with E-state index in [0.29, 0.717) is 30.8 Å². The van der Waals surface area contributed by atoms with Crippen molar-refractivity contribution in [3.05, 3.63) is 40.2 Å². The molecular weight excluding hydrogens is 422 g/mol. The number of aryl methyl sites for hydroxylation is 2. The van der Waals surface area contributed by atoms with Gasteiger partial charge in [-0.2, -0.15) is 4.31 Å². The summed E-state index contributed by atoms with van der Waals surface area (Å²) < 4.78 is 33.0. The largest absolute Gasteiger partial charge is 0.360 e. The van der Waals surface area contributed by atoms with Crippen LogP contribution in [0.1, 0.15) is 24.3 Å². The van der Waals surface area contributed by atoms with Crippen molar-refractivity contribution in [2.45, 2.75) is 31.6 Å². The molecule has 7 nitrogen and oxygen atoms in total. The van der Waals surface area contributed by atoms with E-state index in [1.807, 2.05) is 18.2 Å². The van der Waals surface area contributed by atoms with E-state index in [1.165, 1.54) is 4.31 Å². The van der Waals surface area contributed by atoms with E-state index in [4.69, 9.17) is 4.52 Å². The summed E-state index contributed by atoms with van der Waals surface area (Å²) >= 11 is 3.40. The van der Waals surface area contributed by atoms with Crippen LogP contribution in [0, 0.1) is 19.8 Å². The molecule has 1 N–H and O–H groups in total. The first-order chi connectivity index (χ1) is 12.3. The topological polar surface area (TPSA) is 92.5 Å². The molecule has 1 atom stereocenters. The zero-order valence-electron chi connectivity index (χ0n) is 14.5. The first kappa shape index (κ1) is 19.1. The van der Waals surface area contributed by atoms with Crippen molar-refractivity contribution in [3.63, 3.8) is 0 Å². The number of sulfonamides is 1. The summed E-state index contributed by atoms with van der Waals surface area (Å²) in [5.41, 5.74) is 1.01. The lowest BCUT2D eigenvalue weighted by Gasteiger charge is -2.31. The normalized spacial score (nSPS) is 18.7. The summed E-state index contributed by atoms with van der Waals surface area (Å²) in [6.07, 6.45) is 1.26. The molecule has 0 bridgehead atoms. The smallest absolute Gasteiger partial charge is 0.248 e. The Hall–Kier alpha value is -1.71. The van der Waals surface area contributed by atoms with Crippen molar-refractivity contribution in [1.82, 2.24) is 9.46 Å². The maximum Gasteiger partial charge on any atom is 0.248 e. The van der Waals surface area contributed by atoms with Gasteiger partial charge in [0, 0.05) is 17.6 Å². The predicted octanol–water partition coefficient (Wildman–Crippen LogP) is 3.09. The first-order valence-electron chi connectivity index (χ1n) is 8.29. The summed E-state index contributed by atoms with van der Waals surface area (Å²) in [4.78, 5) is 12.7. The van der Waals surface area contributed by atoms with E-state index in [0.717, 1.165) is 4.47 Å². The first-order valence-corrected chi connectivity index (χ1v) is 10.5. The molecule has 3 rings (SSSR count). The standard InChI is InChI=1S/C17H20BrN3O4S/c1-11-16(12(2)25-20-11)26(23,24)21-9-5-6-13(10-21)17(22)19-15-8-4-3-7-14(15)18/h3-4,7-8,13H,5-6,9-10H2,1-2H3,(H,19,22). The third kappa shape index (κ3) is 3.70. The molecule has 1 saturated heterocycles. The van der Waals surface area contributed by atoms with E-state index >= 15 is 0 Å². The monoisotopic (exact) mass is 441 g/mol. The Labute approximate surface area is 160 Å². The molecule has 1 fully saturated rings. The fourth-order valence-electron chi connectivity index (χ4n) is 3.14. The Morgan fingerprint density at radius 2 is 2.08 bits per heavy atom. The number of amides is 1. The molecule has 0 aliphatic carbocycles. The quantitative estimate of drug-likeness (QED) is 0.786. The van der Waals surface area contributed by atoms with Crippen LogP contribution in [0.15, 0.2) is 38.2 Å². The van der Waals surface area contributed by atoms with Crippen molar-refractivity contribution in [2.75, 3.05) is 18.4 Å². The molecule has 1 aliphatic heterocycles. The van der Waals surface area contributed by atoms with Gasteiger partial charge in [-0.05, 0) is 54.8 Å². The van der Waals surface area contributed by atoms with Gasteiger partial charge in [-0.1, -0.05) is 17.3 Å². The van der Waals surface area contributed by atoms with Gasteiger partial charge in [0.1, 0.15) is 10.6 Å². The minimum atomic E-state index is -3.74. The number of piperidine rings is 1. The predicted molar refractivity (Wildman–Crippen MR) is 100 cm³/mol. The van der Waals surface area contributed by atoms with Gasteiger partial charge in [0.15, 0.2) is 5.76 Å². The number of anilines is 1. The highest BCUT2D eigenvalue weighted by atomic mass is 79.9. The lowest BCUT2D eigenvalue weighted by Crippen LogP contribution is -2.43. The van der Waals surface area contributed by atoms with Crippen LogP contribution >= 0.6 is 15.9 Å². The number of benzene rings is 1. The molecule has 2 aromatic rings. The maximum absolute atomic E-state index is 13.0. The molecular formula is C17H20BrN3O4S. The Morgan fingerprint density at radius 1 is 1.35 bits per heavy atom. The molecule has 1 aromatic heterocycles. The van der Waals surface area contributed by atoms with Crippen molar-refractivity contribution in [2.24, 2.45) is 5.92 Å². The molecule has 2 heterocycles. The number of nitrogens with one attached hydrogen (secondary N) is 1. The van der Waals surface area contributed by atoms with Gasteiger partial charge in [0.05, 0.1) is 11.6 Å². The lowest BCUT2D eigenvalue weighted by molar-refractivity contribution is -0.120. The molecule has 1 aromatic carbocycles. The third-order valence-electron chi connectivity index (χ3n) is 4.45. The molecule has 1 aliphatic rings. The average molecular weight is 442 g/mol. The summed E-state index contributed by atoms with van der Waals surface area (Å²) in [5, 5.41) is 6.60. The van der Waals surface area contributed by atoms with Crippen LogP contribution in [0.2, 0.25) is 0 Å². The van der Waals surface area contributed by atoms with E-state index < -0.39 is 15.9 Å². The fraction of sp³-hybridized carbons (Fsp3) is 0.412. The fourth-order valence-corrected chi connectivity index (χ4v) is 5.34. The van der Waals surface area contributed by atoms with Crippen LogP contribution in [0.4, 0.5) is 5.69 Å². The summed E-state index contributed by atoms with van der Waals surface area (Å²) in [7, 11) is -3.74. The number of hydrogen-bond donors (Lipinski definition) is 1. The third-order valence-corrected chi connectivity index (χ3v) is 7.25. The number of hydrogen-bond acceptors (Lipinski definition) is 5. The van der Waals surface area contributed by atoms with Crippen LogP contribution in [-0.4, -0.2) is 36.9 Å². The number of carbonyl (C=O) groups is 1. The van der Waals surface area contributed by atoms with Crippen molar-refractivity contribution in [3.8, 4) is 0 Å². The SMILES string of the molecule is Cc1noc(C)c1S(=O)(=O)N1CCCC(C(=O)Nc2ccccc2Br)C1. The number of rotatable bonds is 4. The van der Waals surface area contributed by atoms with Crippen molar-refractivity contribution in [1.29, 1.82) is 0 Å². The van der Waals surface area contributed by atoms with Gasteiger partial charge in [-0.3, -0.25) is 4.79 Å². The molecule has 0 radical (unpaired) electrons. The van der Waals surface area contributed by atoms with E-state index in [2.05, 4.69) is 26.4 Å². The molecule has 140 valence electrons. The van der Waals surface area contributed by atoms with Crippen molar-refractivity contribution >= 4 is 37.5 Å². The number of para-hydroxylation sites is 1. The van der Waals surface area contributed by atoms with Crippen LogP contribution in [0.25, 0.3) is 0 Å². The minimum absolute atomic E-state index is 0.101. The molecule has 1 amide bonds. The molecule has 9 heteroatoms. The summed E-state index contributed by atoms with van der Waals surface area (Å²) in [5.74, 6) is -0.330. The van der Waals surface area contributed by atoms with Crippen LogP contribution in [-0.2, 0) is 14.8 Å². The van der Waals surface area contributed by atoms with Crippen LogP contribution in [0.3, 0.4) is 0 Å². The highest BCUT2D eigenvalue weighted by Gasteiger charge is 2.36. The van der Waals surface area contributed by atoms with Crippen molar-refractivity contribution < 1.29 is 17.7 Å². The minimum Gasteiger partial charge on any atom is -0.360 e. The lowest BCUT2D eigenvalue weighted by atomic mass is 9.99. The number of carbonyl (C=O) groups excluding carboxylic acids is 1. The highest BCUT2D eigenvalue weighted by molar-refractivity contribution is 9.10. The Bertz CT molecular complexity index is 906. The zero-order chi connectivity index (χ0) is 18.9. The van der Waals surface area contributed by atoms with E-state index in [1.54, 1.807) is 19.9 Å². The average Bonchev–Trinajstić information content (AvgIpc) is 2.96. The van der Waals surface area contributed by atoms with Gasteiger partial charge in [-0.15, -0.1) is 0 Å². The van der Waals surface area contributed by atoms with E-state index in [-0.39, 0.29) is 23.1 Å². The van der Waals surface area contributed by atoms with Gasteiger partial charge >= 0.3 is 0 Å². The second-order valence-electron chi connectivity index (χ2n) is 6.32. The van der Waals surface area contributed by atoms with Gasteiger partial charge in [-0.25, -0.2) is 8.42 Å². The van der Waals surface area contributed by atoms with Gasteiger partial charge < -0.3 is 9.84 Å². The van der Waals surface area contributed by atoms with Crippen LogP contribution < -0.4 is 5.32 Å². The van der Waals surface area contributed by atoms with E-state index in [9.17, 15) is 13.2 Å². The second kappa shape index (κ2) is 7.50. The van der Waals surface area contributed by atoms with Gasteiger partial charge in [0.2, 0.25) is 15.9 Å². The summed E-state index contributed by atoms with van der Waals surface area (Å²) in [6.45, 7) is 3.70. The molecule has 0 spiro atoms. The Kier molecular flexibility index (Phi) is 5.50. The van der Waals surface area contributed by atoms with Gasteiger partial charge in [0.25, 0.3) is 0 Å². The number of aromatic nitrogens is 1. The Balaban J connectivity index is 1.77. The molecule has 26 heavy (non-hydrogen) atoms. The number of halogens is 1. The molecule has 1 unspecified atom stereocenters. The maximum atomic E-state index is 13.0. The summed E-state index contributed by atoms with van der Waals surface area (Å²) in [6, 6.07) is 7.32. The number of nitrogens with zero attached hydrogens (tertiary/aromatic N) is 2. The second-order valence-corrected chi connectivity index (χ2v) is 9.05. The highest BCUT2D eigenvalue weighted by Crippen LogP contribution is 2.29. The zero-order valence-corrected chi connectivity index (χ0v) is 16.9.